The van der Waals surface area contributed by atoms with E-state index in [0.717, 1.165) is 29.9 Å². The standard InChI is InChI=1S/C43H35N/c1-3-4-17-38-31(2)12-9-22-43(38)44(36-27-23-34(24-28-36)41-20-10-15-32-13-5-7-18-39(32)41)37-29-25-35(26-30-37)42-21-11-16-33-14-6-8-19-40(33)42/h3-10,12-15,17-30H,1,11,16H2,2H3/b17-4-. The zero-order valence-electron chi connectivity index (χ0n) is 25.1. The first kappa shape index (κ1) is 27.4. The number of hydrogen-bond donors (Lipinski definition) is 0. The van der Waals surface area contributed by atoms with E-state index in [2.05, 4.69) is 164 Å². The van der Waals surface area contributed by atoms with E-state index in [-0.39, 0.29) is 0 Å². The van der Waals surface area contributed by atoms with Gasteiger partial charge in [-0.05, 0) is 99.8 Å². The van der Waals surface area contributed by atoms with E-state index in [1.165, 1.54) is 55.3 Å². The Morgan fingerprint density at radius 3 is 2.09 bits per heavy atom. The molecular weight excluding hydrogens is 530 g/mol. The Labute approximate surface area is 260 Å². The molecule has 0 bridgehead atoms. The lowest BCUT2D eigenvalue weighted by Gasteiger charge is -2.28. The number of fused-ring (bicyclic) bond motifs is 2. The number of aryl methyl sites for hydroxylation is 2. The van der Waals surface area contributed by atoms with Crippen LogP contribution >= 0.6 is 0 Å². The van der Waals surface area contributed by atoms with E-state index in [1.54, 1.807) is 0 Å². The van der Waals surface area contributed by atoms with Crippen molar-refractivity contribution in [1.29, 1.82) is 0 Å². The summed E-state index contributed by atoms with van der Waals surface area (Å²) >= 11 is 0. The second-order valence-corrected chi connectivity index (χ2v) is 11.4. The average Bonchev–Trinajstić information content (AvgIpc) is 3.08. The fourth-order valence-corrected chi connectivity index (χ4v) is 6.48. The molecule has 0 heterocycles. The van der Waals surface area contributed by atoms with E-state index >= 15 is 0 Å². The van der Waals surface area contributed by atoms with E-state index < -0.39 is 0 Å². The normalized spacial score (nSPS) is 12.6. The molecule has 0 atom stereocenters. The molecule has 0 aromatic heterocycles. The van der Waals surface area contributed by atoms with Gasteiger partial charge in [-0.25, -0.2) is 0 Å². The molecule has 0 spiro atoms. The van der Waals surface area contributed by atoms with Crippen LogP contribution in [0.2, 0.25) is 0 Å². The van der Waals surface area contributed by atoms with Crippen LogP contribution in [0.1, 0.15) is 34.2 Å². The third-order valence-electron chi connectivity index (χ3n) is 8.67. The summed E-state index contributed by atoms with van der Waals surface area (Å²) in [6.07, 6.45) is 10.6. The highest BCUT2D eigenvalue weighted by Gasteiger charge is 2.18. The van der Waals surface area contributed by atoms with Gasteiger partial charge in [0, 0.05) is 16.9 Å². The van der Waals surface area contributed by atoms with Gasteiger partial charge in [-0.15, -0.1) is 0 Å². The van der Waals surface area contributed by atoms with Crippen molar-refractivity contribution in [2.24, 2.45) is 0 Å². The quantitative estimate of drug-likeness (QED) is 0.174. The average molecular weight is 566 g/mol. The fourth-order valence-electron chi connectivity index (χ4n) is 6.48. The highest BCUT2D eigenvalue weighted by atomic mass is 15.1. The molecule has 6 aromatic carbocycles. The van der Waals surface area contributed by atoms with Crippen molar-refractivity contribution in [1.82, 2.24) is 0 Å². The highest BCUT2D eigenvalue weighted by Crippen LogP contribution is 2.41. The van der Waals surface area contributed by atoms with Gasteiger partial charge in [0.2, 0.25) is 0 Å². The molecule has 0 saturated heterocycles. The Bertz CT molecular complexity index is 2020. The van der Waals surface area contributed by atoms with Crippen molar-refractivity contribution in [2.45, 2.75) is 19.8 Å². The number of allylic oxidation sites excluding steroid dienone is 3. The smallest absolute Gasteiger partial charge is 0.0536 e. The molecule has 212 valence electrons. The summed E-state index contributed by atoms with van der Waals surface area (Å²) in [5.41, 5.74) is 13.6. The molecule has 0 amide bonds. The van der Waals surface area contributed by atoms with Crippen LogP contribution in [0.25, 0.3) is 33.5 Å². The Morgan fingerprint density at radius 1 is 0.636 bits per heavy atom. The highest BCUT2D eigenvalue weighted by molar-refractivity contribution is 5.97. The van der Waals surface area contributed by atoms with Crippen LogP contribution in [0.15, 0.2) is 158 Å². The van der Waals surface area contributed by atoms with E-state index in [9.17, 15) is 0 Å². The summed E-state index contributed by atoms with van der Waals surface area (Å²) in [4.78, 5) is 2.37. The van der Waals surface area contributed by atoms with Crippen LogP contribution in [0.5, 0.6) is 0 Å². The third kappa shape index (κ3) is 5.18. The summed E-state index contributed by atoms with van der Waals surface area (Å²) in [6.45, 7) is 6.09. The van der Waals surface area contributed by atoms with Crippen LogP contribution < -0.4 is 4.90 Å². The van der Waals surface area contributed by atoms with Gasteiger partial charge in [0.15, 0.2) is 0 Å². The minimum atomic E-state index is 1.07. The maximum atomic E-state index is 3.92. The first-order chi connectivity index (χ1) is 21.7. The molecule has 0 aliphatic heterocycles. The number of nitrogens with zero attached hydrogens (tertiary/aromatic N) is 1. The monoisotopic (exact) mass is 565 g/mol. The maximum Gasteiger partial charge on any atom is 0.0536 e. The summed E-state index contributed by atoms with van der Waals surface area (Å²) in [7, 11) is 0. The zero-order chi connectivity index (χ0) is 29.9. The van der Waals surface area contributed by atoms with Crippen molar-refractivity contribution in [3.05, 3.63) is 186 Å². The van der Waals surface area contributed by atoms with Gasteiger partial charge in [-0.1, -0.05) is 134 Å². The fraction of sp³-hybridized carbons (Fsp3) is 0.0698. The lowest BCUT2D eigenvalue weighted by molar-refractivity contribution is 0.978. The number of rotatable bonds is 7. The molecule has 0 unspecified atom stereocenters. The number of benzene rings is 6. The summed E-state index contributed by atoms with van der Waals surface area (Å²) < 4.78 is 0. The van der Waals surface area contributed by atoms with Crippen LogP contribution in [0, 0.1) is 6.92 Å². The van der Waals surface area contributed by atoms with Gasteiger partial charge in [0.05, 0.1) is 5.69 Å². The van der Waals surface area contributed by atoms with E-state index in [4.69, 9.17) is 0 Å². The lowest BCUT2D eigenvalue weighted by atomic mass is 9.87. The van der Waals surface area contributed by atoms with Gasteiger partial charge >= 0.3 is 0 Å². The van der Waals surface area contributed by atoms with Crippen molar-refractivity contribution < 1.29 is 0 Å². The number of hydrogen-bond acceptors (Lipinski definition) is 1. The largest absolute Gasteiger partial charge is 0.310 e. The predicted molar refractivity (Wildman–Crippen MR) is 190 cm³/mol. The van der Waals surface area contributed by atoms with E-state index in [1.807, 2.05) is 12.2 Å². The van der Waals surface area contributed by atoms with Gasteiger partial charge in [-0.2, -0.15) is 0 Å². The lowest BCUT2D eigenvalue weighted by Crippen LogP contribution is -2.12. The molecule has 1 nitrogen and oxygen atoms in total. The Balaban J connectivity index is 1.33. The molecule has 1 heteroatoms. The van der Waals surface area contributed by atoms with Crippen molar-refractivity contribution >= 4 is 39.5 Å². The molecule has 0 fully saturated rings. The summed E-state index contributed by atoms with van der Waals surface area (Å²) in [6, 6.07) is 48.5. The Morgan fingerprint density at radius 2 is 1.30 bits per heavy atom. The molecule has 0 radical (unpaired) electrons. The van der Waals surface area contributed by atoms with Gasteiger partial charge in [0.25, 0.3) is 0 Å². The van der Waals surface area contributed by atoms with Crippen LogP contribution in [0.4, 0.5) is 17.1 Å². The molecule has 0 N–H and O–H groups in total. The maximum absolute atomic E-state index is 3.92. The van der Waals surface area contributed by atoms with Crippen molar-refractivity contribution in [3.8, 4) is 11.1 Å². The molecule has 0 saturated carbocycles. The first-order valence-corrected chi connectivity index (χ1v) is 15.4. The molecule has 1 aliphatic rings. The molecular formula is C43H35N. The Hall–Kier alpha value is -5.40. The Kier molecular flexibility index (Phi) is 7.53. The second kappa shape index (κ2) is 12.1. The topological polar surface area (TPSA) is 3.24 Å². The summed E-state index contributed by atoms with van der Waals surface area (Å²) in [5.74, 6) is 0. The van der Waals surface area contributed by atoms with Gasteiger partial charge < -0.3 is 4.90 Å². The molecule has 1 aliphatic carbocycles. The third-order valence-corrected chi connectivity index (χ3v) is 8.67. The number of anilines is 3. The predicted octanol–water partition coefficient (Wildman–Crippen LogP) is 11.9. The van der Waals surface area contributed by atoms with Gasteiger partial charge in [-0.3, -0.25) is 0 Å². The van der Waals surface area contributed by atoms with Crippen LogP contribution in [-0.4, -0.2) is 0 Å². The first-order valence-electron chi connectivity index (χ1n) is 15.4. The van der Waals surface area contributed by atoms with Crippen LogP contribution in [0.3, 0.4) is 0 Å². The van der Waals surface area contributed by atoms with Crippen LogP contribution in [-0.2, 0) is 6.42 Å². The zero-order valence-corrected chi connectivity index (χ0v) is 25.1. The van der Waals surface area contributed by atoms with Gasteiger partial charge in [0.1, 0.15) is 0 Å². The molecule has 7 rings (SSSR count). The van der Waals surface area contributed by atoms with Crippen molar-refractivity contribution in [3.63, 3.8) is 0 Å². The minimum Gasteiger partial charge on any atom is -0.310 e. The SMILES string of the molecule is C=C/C=C\c1c(C)cccc1N(c1ccc(C2=CCCc3ccccc32)cc1)c1ccc(-c2cccc3ccccc23)cc1. The van der Waals surface area contributed by atoms with Crippen molar-refractivity contribution in [2.75, 3.05) is 4.90 Å². The van der Waals surface area contributed by atoms with E-state index in [0.29, 0.717) is 0 Å². The summed E-state index contributed by atoms with van der Waals surface area (Å²) in [5, 5.41) is 2.52. The second-order valence-electron chi connectivity index (χ2n) is 11.4. The minimum absolute atomic E-state index is 1.07. The molecule has 6 aromatic rings. The molecule has 44 heavy (non-hydrogen) atoms.